The van der Waals surface area contributed by atoms with Gasteiger partial charge in [0.25, 0.3) is 5.91 Å². The Hall–Kier alpha value is -2.08. The van der Waals surface area contributed by atoms with Crippen molar-refractivity contribution in [3.05, 3.63) is 29.8 Å². The highest BCUT2D eigenvalue weighted by Crippen LogP contribution is 2.32. The van der Waals surface area contributed by atoms with Crippen LogP contribution in [-0.2, 0) is 4.79 Å². The van der Waals surface area contributed by atoms with E-state index >= 15 is 0 Å². The Morgan fingerprint density at radius 3 is 2.32 bits per heavy atom. The van der Waals surface area contributed by atoms with Crippen LogP contribution in [0.5, 0.6) is 5.75 Å². The van der Waals surface area contributed by atoms with Gasteiger partial charge >= 0.3 is 0 Å². The van der Waals surface area contributed by atoms with E-state index in [0.717, 1.165) is 44.3 Å². The van der Waals surface area contributed by atoms with Gasteiger partial charge in [0, 0.05) is 25.2 Å². The maximum atomic E-state index is 12.6. The van der Waals surface area contributed by atoms with Gasteiger partial charge in [-0.3, -0.25) is 9.59 Å². The molecule has 0 spiro atoms. The molecule has 0 heterocycles. The first kappa shape index (κ1) is 20.6. The molecule has 0 unspecified atom stereocenters. The molecule has 2 saturated carbocycles. The fourth-order valence-electron chi connectivity index (χ4n) is 4.22. The lowest BCUT2D eigenvalue weighted by Crippen LogP contribution is -2.52. The molecule has 6 nitrogen and oxygen atoms in total. The Morgan fingerprint density at radius 1 is 1.14 bits per heavy atom. The highest BCUT2D eigenvalue weighted by Gasteiger charge is 2.34. The van der Waals surface area contributed by atoms with Crippen molar-refractivity contribution in [2.75, 3.05) is 20.7 Å². The molecular weight excluding hydrogens is 354 g/mol. The van der Waals surface area contributed by atoms with E-state index in [1.165, 1.54) is 6.42 Å². The molecule has 1 aromatic carbocycles. The van der Waals surface area contributed by atoms with Crippen molar-refractivity contribution in [3.8, 4) is 5.75 Å². The number of hydrogen-bond donors (Lipinski definition) is 2. The number of amides is 2. The molecule has 0 aliphatic heterocycles. The molecule has 3 rings (SSSR count). The number of ether oxygens (including phenoxy) is 1. The molecule has 1 atom stereocenters. The van der Waals surface area contributed by atoms with Crippen molar-refractivity contribution in [1.29, 1.82) is 0 Å². The number of nitrogens with one attached hydrogen (secondary N) is 1. The number of nitrogens with zero attached hydrogens (tertiary/aromatic N) is 1. The summed E-state index contributed by atoms with van der Waals surface area (Å²) in [7, 11) is 3.50. The van der Waals surface area contributed by atoms with E-state index in [1.54, 1.807) is 31.4 Å². The van der Waals surface area contributed by atoms with E-state index in [-0.39, 0.29) is 23.8 Å². The molecule has 0 aromatic heterocycles. The molecule has 2 aliphatic rings. The lowest BCUT2D eigenvalue weighted by molar-refractivity contribution is -0.136. The molecule has 2 aliphatic carbocycles. The number of carbonyl (C=O) groups is 2. The molecule has 154 valence electrons. The van der Waals surface area contributed by atoms with Crippen molar-refractivity contribution in [1.82, 2.24) is 10.2 Å². The van der Waals surface area contributed by atoms with Gasteiger partial charge in [-0.15, -0.1) is 0 Å². The summed E-state index contributed by atoms with van der Waals surface area (Å²) < 4.78 is 5.12. The van der Waals surface area contributed by atoms with Gasteiger partial charge in [-0.25, -0.2) is 0 Å². The maximum absolute atomic E-state index is 12.6. The van der Waals surface area contributed by atoms with Gasteiger partial charge in [0.1, 0.15) is 5.75 Å². The Balaban J connectivity index is 1.40. The minimum atomic E-state index is -0.388. The normalized spacial score (nSPS) is 23.4. The third kappa shape index (κ3) is 4.85. The van der Waals surface area contributed by atoms with Crippen molar-refractivity contribution < 1.29 is 14.3 Å². The first-order valence-electron chi connectivity index (χ1n) is 10.4. The van der Waals surface area contributed by atoms with Crippen molar-refractivity contribution in [2.24, 2.45) is 17.6 Å². The third-order valence-electron chi connectivity index (χ3n) is 6.56. The van der Waals surface area contributed by atoms with Crippen LogP contribution >= 0.6 is 0 Å². The zero-order chi connectivity index (χ0) is 20.1. The first-order chi connectivity index (χ1) is 13.5. The van der Waals surface area contributed by atoms with E-state index in [2.05, 4.69) is 5.32 Å². The minimum Gasteiger partial charge on any atom is -0.497 e. The lowest BCUT2D eigenvalue weighted by atomic mass is 9.78. The fourth-order valence-corrected chi connectivity index (χ4v) is 4.22. The molecular formula is C22H33N3O3. The Morgan fingerprint density at radius 2 is 1.79 bits per heavy atom. The highest BCUT2D eigenvalue weighted by atomic mass is 16.5. The summed E-state index contributed by atoms with van der Waals surface area (Å²) in [6.07, 6.45) is 7.34. The average Bonchev–Trinajstić information content (AvgIpc) is 2.70. The largest absolute Gasteiger partial charge is 0.497 e. The fraction of sp³-hybridized carbons (Fsp3) is 0.636. The summed E-state index contributed by atoms with van der Waals surface area (Å²) >= 11 is 0. The molecule has 0 radical (unpaired) electrons. The number of hydrogen-bond acceptors (Lipinski definition) is 4. The number of likely N-dealkylation sites (N-methyl/N-ethyl adjacent to an activating group) is 1. The van der Waals surface area contributed by atoms with E-state index < -0.39 is 0 Å². The van der Waals surface area contributed by atoms with Gasteiger partial charge in [-0.2, -0.15) is 0 Å². The molecule has 3 N–H and O–H groups in total. The zero-order valence-corrected chi connectivity index (χ0v) is 17.0. The van der Waals surface area contributed by atoms with Crippen LogP contribution in [0.2, 0.25) is 0 Å². The Kier molecular flexibility index (Phi) is 6.94. The van der Waals surface area contributed by atoms with E-state index in [0.29, 0.717) is 24.1 Å². The predicted octanol–water partition coefficient (Wildman–Crippen LogP) is 2.57. The Labute approximate surface area is 167 Å². The average molecular weight is 388 g/mol. The molecule has 0 bridgehead atoms. The van der Waals surface area contributed by atoms with E-state index in [1.807, 2.05) is 11.9 Å². The molecule has 2 amide bonds. The quantitative estimate of drug-likeness (QED) is 0.753. The van der Waals surface area contributed by atoms with Crippen LogP contribution in [0.3, 0.4) is 0 Å². The topological polar surface area (TPSA) is 84.7 Å². The smallest absolute Gasteiger partial charge is 0.251 e. The van der Waals surface area contributed by atoms with Gasteiger partial charge in [0.2, 0.25) is 5.91 Å². The lowest BCUT2D eigenvalue weighted by Gasteiger charge is -2.38. The number of carbonyl (C=O) groups excluding carboxylic acids is 2. The predicted molar refractivity (Wildman–Crippen MR) is 109 cm³/mol. The monoisotopic (exact) mass is 387 g/mol. The van der Waals surface area contributed by atoms with Crippen LogP contribution < -0.4 is 15.8 Å². The standard InChI is InChI=1S/C22H33N3O3/c1-25(18-4-3-5-18)22(27)20(23)16-8-6-15(7-9-16)14-24-21(26)17-10-12-19(28-2)13-11-17/h10-13,15-16,18,20H,3-9,14,23H2,1-2H3,(H,24,26)/t15?,16?,20-/m0/s1. The zero-order valence-electron chi connectivity index (χ0n) is 17.0. The van der Waals surface area contributed by atoms with Gasteiger partial charge in [0.15, 0.2) is 0 Å². The highest BCUT2D eigenvalue weighted by molar-refractivity contribution is 5.94. The summed E-state index contributed by atoms with van der Waals surface area (Å²) in [4.78, 5) is 26.8. The molecule has 28 heavy (non-hydrogen) atoms. The van der Waals surface area contributed by atoms with Gasteiger partial charge in [-0.1, -0.05) is 0 Å². The summed E-state index contributed by atoms with van der Waals surface area (Å²) in [5.74, 6) is 1.48. The van der Waals surface area contributed by atoms with Crippen LogP contribution in [0.15, 0.2) is 24.3 Å². The number of methoxy groups -OCH3 is 1. The van der Waals surface area contributed by atoms with Gasteiger partial charge in [-0.05, 0) is 81.0 Å². The maximum Gasteiger partial charge on any atom is 0.251 e. The molecule has 1 aromatic rings. The summed E-state index contributed by atoms with van der Waals surface area (Å²) in [5.41, 5.74) is 6.95. The number of nitrogens with two attached hydrogens (primary N) is 1. The van der Waals surface area contributed by atoms with E-state index in [4.69, 9.17) is 10.5 Å². The van der Waals surface area contributed by atoms with Crippen LogP contribution in [0.4, 0.5) is 0 Å². The second kappa shape index (κ2) is 9.41. The summed E-state index contributed by atoms with van der Waals surface area (Å²) in [6, 6.07) is 7.13. The molecule has 0 saturated heterocycles. The van der Waals surface area contributed by atoms with E-state index in [9.17, 15) is 9.59 Å². The second-order valence-corrected chi connectivity index (χ2v) is 8.28. The van der Waals surface area contributed by atoms with Crippen molar-refractivity contribution in [3.63, 3.8) is 0 Å². The number of rotatable bonds is 7. The van der Waals surface area contributed by atoms with Crippen molar-refractivity contribution >= 4 is 11.8 Å². The Bertz CT molecular complexity index is 664. The van der Waals surface area contributed by atoms with Crippen molar-refractivity contribution in [2.45, 2.75) is 57.0 Å². The van der Waals surface area contributed by atoms with Gasteiger partial charge in [0.05, 0.1) is 13.2 Å². The second-order valence-electron chi connectivity index (χ2n) is 8.28. The SMILES string of the molecule is COc1ccc(C(=O)NCC2CCC([C@H](N)C(=O)N(C)C3CCC3)CC2)cc1. The van der Waals surface area contributed by atoms with Gasteiger partial charge < -0.3 is 20.7 Å². The molecule has 6 heteroatoms. The van der Waals surface area contributed by atoms with Crippen LogP contribution in [-0.4, -0.2) is 49.5 Å². The summed E-state index contributed by atoms with van der Waals surface area (Å²) in [5, 5.41) is 3.04. The first-order valence-corrected chi connectivity index (χ1v) is 10.4. The van der Waals surface area contributed by atoms with Crippen LogP contribution in [0, 0.1) is 11.8 Å². The van der Waals surface area contributed by atoms with Crippen LogP contribution in [0.25, 0.3) is 0 Å². The minimum absolute atomic E-state index is 0.0567. The molecule has 2 fully saturated rings. The van der Waals surface area contributed by atoms with Crippen LogP contribution in [0.1, 0.15) is 55.3 Å². The summed E-state index contributed by atoms with van der Waals surface area (Å²) in [6.45, 7) is 0.669. The number of benzene rings is 1. The third-order valence-corrected chi connectivity index (χ3v) is 6.56.